The minimum atomic E-state index is -0.893. The number of carbonyl (C=O) groups excluding carboxylic acids is 2. The number of halogens is 3. The highest BCUT2D eigenvalue weighted by molar-refractivity contribution is 9.18. The molecule has 1 aliphatic rings. The highest BCUT2D eigenvalue weighted by atomic mass is 79.9. The number of hydrogen-bond donors (Lipinski definition) is 1. The maximum atomic E-state index is 14.6. The van der Waals surface area contributed by atoms with Gasteiger partial charge >= 0.3 is 5.97 Å². The van der Waals surface area contributed by atoms with Gasteiger partial charge in [-0.05, 0) is 15.9 Å². The van der Waals surface area contributed by atoms with Crippen molar-refractivity contribution in [3.8, 4) is 0 Å². The van der Waals surface area contributed by atoms with Crippen LogP contribution in [0.25, 0.3) is 0 Å². The van der Waals surface area contributed by atoms with Gasteiger partial charge in [0.05, 0.1) is 7.11 Å². The lowest BCUT2D eigenvalue weighted by Crippen LogP contribution is -2.17. The second-order valence-electron chi connectivity index (χ2n) is 4.29. The Balaban J connectivity index is 2.57. The molecule has 1 N–H and O–H groups in total. The molecule has 2 heterocycles. The average Bonchev–Trinajstić information content (AvgIpc) is 2.89. The largest absolute Gasteiger partial charge is 0.464 e. The molecule has 0 aliphatic carbocycles. The molecule has 0 saturated heterocycles. The van der Waals surface area contributed by atoms with Gasteiger partial charge in [-0.1, -0.05) is 16.8 Å². The van der Waals surface area contributed by atoms with Gasteiger partial charge in [0.25, 0.3) is 0 Å². The van der Waals surface area contributed by atoms with Crippen molar-refractivity contribution in [1.82, 2.24) is 4.98 Å². The zero-order valence-corrected chi connectivity index (χ0v) is 13.8. The molecule has 7 nitrogen and oxygen atoms in total. The molecule has 0 spiro atoms. The van der Waals surface area contributed by atoms with Crippen molar-refractivity contribution in [1.29, 1.82) is 0 Å². The Morgan fingerprint density at radius 2 is 2.23 bits per heavy atom. The van der Waals surface area contributed by atoms with E-state index >= 15 is 0 Å². The van der Waals surface area contributed by atoms with Gasteiger partial charge < -0.3 is 14.9 Å². The van der Waals surface area contributed by atoms with E-state index in [1.165, 1.54) is 6.92 Å². The first-order chi connectivity index (χ1) is 10.3. The molecule has 1 amide bonds. The number of aromatic nitrogens is 1. The van der Waals surface area contributed by atoms with Crippen LogP contribution in [0, 0.1) is 5.82 Å². The quantitative estimate of drug-likeness (QED) is 0.796. The first kappa shape index (κ1) is 16.6. The number of methoxy groups -OCH3 is 1. The van der Waals surface area contributed by atoms with Crippen LogP contribution in [0.5, 0.6) is 0 Å². The first-order valence-corrected chi connectivity index (χ1v) is 7.15. The van der Waals surface area contributed by atoms with Crippen LogP contribution in [0.4, 0.5) is 10.1 Å². The Morgan fingerprint density at radius 3 is 2.73 bits per heavy atom. The molecule has 0 radical (unpaired) electrons. The molecule has 0 fully saturated rings. The average molecular weight is 395 g/mol. The fraction of sp³-hybridized carbons (Fsp3) is 0.333. The molecule has 0 saturated carbocycles. The summed E-state index contributed by atoms with van der Waals surface area (Å²) in [5.41, 5.74) is -0.881. The van der Waals surface area contributed by atoms with E-state index in [4.69, 9.17) is 16.4 Å². The number of esters is 1. The zero-order chi connectivity index (χ0) is 16.4. The first-order valence-electron chi connectivity index (χ1n) is 5.98. The molecule has 2 rings (SSSR count). The highest BCUT2D eigenvalue weighted by Gasteiger charge is 2.32. The minimum absolute atomic E-state index is 0.202. The fourth-order valence-electron chi connectivity index (χ4n) is 1.79. The number of ether oxygens (including phenoxy) is 1. The van der Waals surface area contributed by atoms with Crippen LogP contribution in [0.2, 0.25) is 5.02 Å². The number of pyridine rings is 1. The van der Waals surface area contributed by atoms with E-state index in [9.17, 15) is 14.0 Å². The van der Waals surface area contributed by atoms with Gasteiger partial charge in [0.15, 0.2) is 17.6 Å². The highest BCUT2D eigenvalue weighted by Crippen LogP contribution is 2.36. The Morgan fingerprint density at radius 1 is 1.55 bits per heavy atom. The van der Waals surface area contributed by atoms with Crippen LogP contribution in [0.1, 0.15) is 35.6 Å². The van der Waals surface area contributed by atoms with Crippen molar-refractivity contribution >= 4 is 49.7 Å². The summed E-state index contributed by atoms with van der Waals surface area (Å²) in [5.74, 6) is -2.32. The summed E-state index contributed by atoms with van der Waals surface area (Å²) in [4.78, 5) is 31.9. The number of anilines is 1. The summed E-state index contributed by atoms with van der Waals surface area (Å²) in [7, 11) is 1.13. The number of nitrogens with one attached hydrogen (secondary N) is 1. The Bertz CT molecular complexity index is 683. The van der Waals surface area contributed by atoms with Crippen LogP contribution in [0.3, 0.4) is 0 Å². The third kappa shape index (κ3) is 3.20. The second kappa shape index (κ2) is 6.57. The number of carbonyl (C=O) groups is 2. The smallest absolute Gasteiger partial charge is 0.358 e. The van der Waals surface area contributed by atoms with Crippen LogP contribution < -0.4 is 5.32 Å². The number of nitrogens with zero attached hydrogens (tertiary/aromatic N) is 2. The van der Waals surface area contributed by atoms with Crippen molar-refractivity contribution in [2.75, 3.05) is 12.4 Å². The van der Waals surface area contributed by atoms with Crippen LogP contribution in [-0.2, 0) is 14.4 Å². The predicted molar refractivity (Wildman–Crippen MR) is 79.7 cm³/mol. The Kier molecular flexibility index (Phi) is 4.97. The molecular weight excluding hydrogens is 385 g/mol. The molecule has 22 heavy (non-hydrogen) atoms. The van der Waals surface area contributed by atoms with Crippen LogP contribution >= 0.6 is 27.5 Å². The lowest BCUT2D eigenvalue weighted by atomic mass is 10.1. The standard InChI is InChI=1S/C12H10BrClFN3O4/c1-4(19)16-10-7(14)11(12(20)21-2)17-9(8(10)15)5-3-6(13)18-22-5/h5H,3H2,1-2H3,(H,16,17,19). The number of hydrogen-bond acceptors (Lipinski definition) is 6. The van der Waals surface area contributed by atoms with Crippen molar-refractivity contribution in [3.63, 3.8) is 0 Å². The summed E-state index contributed by atoms with van der Waals surface area (Å²) in [5, 5.41) is 5.52. The predicted octanol–water partition coefficient (Wildman–Crippen LogP) is 2.79. The molecule has 0 aromatic carbocycles. The Labute approximate surface area is 137 Å². The second-order valence-corrected chi connectivity index (χ2v) is 5.58. The molecule has 1 aromatic heterocycles. The lowest BCUT2D eigenvalue weighted by molar-refractivity contribution is -0.114. The van der Waals surface area contributed by atoms with E-state index in [1.807, 2.05) is 0 Å². The van der Waals surface area contributed by atoms with Gasteiger partial charge in [-0.25, -0.2) is 14.2 Å². The number of rotatable bonds is 3. The molecule has 1 aromatic rings. The van der Waals surface area contributed by atoms with E-state index in [2.05, 4.69) is 36.1 Å². The van der Waals surface area contributed by atoms with E-state index in [0.717, 1.165) is 7.11 Å². The third-order valence-electron chi connectivity index (χ3n) is 2.72. The maximum absolute atomic E-state index is 14.6. The molecule has 10 heteroatoms. The van der Waals surface area contributed by atoms with Crippen molar-refractivity contribution in [3.05, 3.63) is 22.2 Å². The summed E-state index contributed by atoms with van der Waals surface area (Å²) < 4.78 is 19.6. The third-order valence-corrected chi connectivity index (χ3v) is 3.56. The maximum Gasteiger partial charge on any atom is 0.358 e. The van der Waals surface area contributed by atoms with Gasteiger partial charge in [-0.2, -0.15) is 0 Å². The molecular formula is C12H10BrClFN3O4. The normalized spacial score (nSPS) is 16.8. The van der Waals surface area contributed by atoms with Crippen LogP contribution in [-0.4, -0.2) is 28.6 Å². The lowest BCUT2D eigenvalue weighted by Gasteiger charge is -2.15. The SMILES string of the molecule is COC(=O)c1nc(C2CC(Br)=NO2)c(F)c(NC(C)=O)c1Cl. The van der Waals surface area contributed by atoms with E-state index in [-0.39, 0.29) is 28.5 Å². The summed E-state index contributed by atoms with van der Waals surface area (Å²) >= 11 is 9.06. The monoisotopic (exact) mass is 393 g/mol. The topological polar surface area (TPSA) is 89.9 Å². The molecule has 1 aliphatic heterocycles. The number of oxime groups is 1. The van der Waals surface area contributed by atoms with Gasteiger partial charge in [-0.3, -0.25) is 4.79 Å². The van der Waals surface area contributed by atoms with E-state index in [1.54, 1.807) is 0 Å². The van der Waals surface area contributed by atoms with Gasteiger partial charge in [-0.15, -0.1) is 0 Å². The minimum Gasteiger partial charge on any atom is -0.464 e. The molecule has 0 bridgehead atoms. The van der Waals surface area contributed by atoms with E-state index < -0.39 is 23.8 Å². The van der Waals surface area contributed by atoms with E-state index in [0.29, 0.717) is 4.62 Å². The van der Waals surface area contributed by atoms with Crippen molar-refractivity contribution < 1.29 is 23.6 Å². The summed E-state index contributed by atoms with van der Waals surface area (Å²) in [6.07, 6.45) is -0.617. The van der Waals surface area contributed by atoms with Crippen LogP contribution in [0.15, 0.2) is 5.16 Å². The molecule has 1 unspecified atom stereocenters. The van der Waals surface area contributed by atoms with Gasteiger partial charge in [0, 0.05) is 13.3 Å². The Hall–Kier alpha value is -1.74. The number of amides is 1. The fourth-order valence-corrected chi connectivity index (χ4v) is 2.41. The van der Waals surface area contributed by atoms with Crippen molar-refractivity contribution in [2.45, 2.75) is 19.4 Å². The summed E-state index contributed by atoms with van der Waals surface area (Å²) in [6.45, 7) is 1.18. The van der Waals surface area contributed by atoms with Gasteiger partial charge in [0.1, 0.15) is 21.0 Å². The van der Waals surface area contributed by atoms with Gasteiger partial charge in [0.2, 0.25) is 5.91 Å². The molecule has 118 valence electrons. The molecule has 1 atom stereocenters. The van der Waals surface area contributed by atoms with Crippen molar-refractivity contribution in [2.24, 2.45) is 5.16 Å². The summed E-state index contributed by atoms with van der Waals surface area (Å²) in [6, 6.07) is 0. The zero-order valence-electron chi connectivity index (χ0n) is 11.4.